The molecule has 2 aliphatic heterocycles. The first kappa shape index (κ1) is 17.8. The van der Waals surface area contributed by atoms with Crippen LogP contribution in [0.5, 0.6) is 0 Å². The van der Waals surface area contributed by atoms with E-state index in [9.17, 15) is 4.79 Å². The van der Waals surface area contributed by atoms with Crippen LogP contribution in [-0.2, 0) is 0 Å². The van der Waals surface area contributed by atoms with E-state index in [2.05, 4.69) is 36.0 Å². The van der Waals surface area contributed by atoms with E-state index < -0.39 is 0 Å². The van der Waals surface area contributed by atoms with Gasteiger partial charge < -0.3 is 14.7 Å². The van der Waals surface area contributed by atoms with Crippen LogP contribution in [-0.4, -0.2) is 70.2 Å². The van der Waals surface area contributed by atoms with Gasteiger partial charge >= 0.3 is 0 Å². The van der Waals surface area contributed by atoms with Gasteiger partial charge in [-0.2, -0.15) is 0 Å². The van der Waals surface area contributed by atoms with Crippen molar-refractivity contribution in [2.75, 3.05) is 49.1 Å². The fourth-order valence-electron chi connectivity index (χ4n) is 4.02. The normalized spacial score (nSPS) is 17.2. The Kier molecular flexibility index (Phi) is 4.67. The van der Waals surface area contributed by atoms with E-state index in [4.69, 9.17) is 0 Å². The van der Waals surface area contributed by atoms with Crippen LogP contribution in [0.3, 0.4) is 0 Å². The number of rotatable bonds is 3. The summed E-state index contributed by atoms with van der Waals surface area (Å²) in [6.07, 6.45) is 5.75. The molecular formula is C21H23N7O. The van der Waals surface area contributed by atoms with Gasteiger partial charge in [-0.05, 0) is 43.2 Å². The van der Waals surface area contributed by atoms with Gasteiger partial charge in [0.15, 0.2) is 11.6 Å². The summed E-state index contributed by atoms with van der Waals surface area (Å²) in [6, 6.07) is 9.60. The Morgan fingerprint density at radius 3 is 2.00 bits per heavy atom. The Balaban J connectivity index is 1.23. The van der Waals surface area contributed by atoms with Crippen molar-refractivity contribution in [2.45, 2.75) is 12.8 Å². The molecule has 8 nitrogen and oxygen atoms in total. The van der Waals surface area contributed by atoms with Crippen molar-refractivity contribution in [2.24, 2.45) is 0 Å². The fourth-order valence-corrected chi connectivity index (χ4v) is 4.02. The zero-order valence-corrected chi connectivity index (χ0v) is 16.2. The van der Waals surface area contributed by atoms with Gasteiger partial charge in [0.2, 0.25) is 0 Å². The van der Waals surface area contributed by atoms with Crippen LogP contribution >= 0.6 is 0 Å². The molecule has 0 bridgehead atoms. The topological polar surface area (TPSA) is 78.4 Å². The first-order valence-corrected chi connectivity index (χ1v) is 10.1. The summed E-state index contributed by atoms with van der Waals surface area (Å²) < 4.78 is 0. The number of piperazine rings is 1. The number of anilines is 2. The van der Waals surface area contributed by atoms with Crippen molar-refractivity contribution in [1.29, 1.82) is 0 Å². The number of aromatic nitrogens is 4. The number of carbonyl (C=O) groups excluding carboxylic acids is 1. The van der Waals surface area contributed by atoms with Crippen molar-refractivity contribution in [3.8, 4) is 0 Å². The summed E-state index contributed by atoms with van der Waals surface area (Å²) in [5.74, 6) is 1.87. The third-order valence-corrected chi connectivity index (χ3v) is 5.67. The Morgan fingerprint density at radius 1 is 0.724 bits per heavy atom. The van der Waals surface area contributed by atoms with Gasteiger partial charge in [-0.3, -0.25) is 14.8 Å². The zero-order valence-electron chi connectivity index (χ0n) is 16.2. The second-order valence-electron chi connectivity index (χ2n) is 7.48. The Hall–Kier alpha value is -3.29. The van der Waals surface area contributed by atoms with Crippen LogP contribution in [0.1, 0.15) is 23.2 Å². The van der Waals surface area contributed by atoms with Gasteiger partial charge in [0, 0.05) is 57.2 Å². The largest absolute Gasteiger partial charge is 0.355 e. The molecule has 3 aromatic rings. The SMILES string of the molecule is O=C(c1ccc2nccnc2c1)N1CCN(c2ccc(N3CCCC3)nn2)CC1. The minimum absolute atomic E-state index is 0.0349. The molecule has 1 amide bonds. The molecule has 148 valence electrons. The standard InChI is InChI=1S/C21H23N7O/c29-21(16-3-4-17-18(15-16)23-8-7-22-17)28-13-11-27(12-14-28)20-6-5-19(24-25-20)26-9-1-2-10-26/h3-8,15H,1-2,9-14H2. The molecule has 0 radical (unpaired) electrons. The summed E-state index contributed by atoms with van der Waals surface area (Å²) in [6.45, 7) is 4.94. The van der Waals surface area contributed by atoms with Crippen molar-refractivity contribution in [3.05, 3.63) is 48.3 Å². The minimum Gasteiger partial charge on any atom is -0.355 e. The first-order chi connectivity index (χ1) is 14.3. The van der Waals surface area contributed by atoms with Crippen LogP contribution in [0.25, 0.3) is 11.0 Å². The highest BCUT2D eigenvalue weighted by atomic mass is 16.2. The number of nitrogens with zero attached hydrogens (tertiary/aromatic N) is 7. The number of hydrogen-bond donors (Lipinski definition) is 0. The van der Waals surface area contributed by atoms with Gasteiger partial charge in [0.1, 0.15) is 0 Å². The van der Waals surface area contributed by atoms with Crippen LogP contribution < -0.4 is 9.80 Å². The Bertz CT molecular complexity index is 1010. The molecule has 1 aromatic carbocycles. The molecule has 0 saturated carbocycles. The monoisotopic (exact) mass is 389 g/mol. The van der Waals surface area contributed by atoms with Crippen LogP contribution in [0.15, 0.2) is 42.7 Å². The second kappa shape index (κ2) is 7.62. The molecule has 8 heteroatoms. The van der Waals surface area contributed by atoms with E-state index in [1.807, 2.05) is 29.2 Å². The minimum atomic E-state index is 0.0349. The van der Waals surface area contributed by atoms with E-state index in [0.29, 0.717) is 18.7 Å². The highest BCUT2D eigenvalue weighted by Crippen LogP contribution is 2.20. The lowest BCUT2D eigenvalue weighted by Crippen LogP contribution is -2.49. The summed E-state index contributed by atoms with van der Waals surface area (Å²) in [5.41, 5.74) is 2.19. The van der Waals surface area contributed by atoms with E-state index in [1.165, 1.54) is 12.8 Å². The van der Waals surface area contributed by atoms with Gasteiger partial charge in [0.05, 0.1) is 11.0 Å². The van der Waals surface area contributed by atoms with Crippen molar-refractivity contribution in [3.63, 3.8) is 0 Å². The van der Waals surface area contributed by atoms with Crippen molar-refractivity contribution < 1.29 is 4.79 Å². The predicted molar refractivity (Wildman–Crippen MR) is 111 cm³/mol. The number of hydrogen-bond acceptors (Lipinski definition) is 7. The van der Waals surface area contributed by atoms with Crippen LogP contribution in [0, 0.1) is 0 Å². The van der Waals surface area contributed by atoms with Crippen LogP contribution in [0.2, 0.25) is 0 Å². The molecule has 0 atom stereocenters. The maximum absolute atomic E-state index is 12.9. The molecule has 0 N–H and O–H groups in total. The average molecular weight is 389 g/mol. The Morgan fingerprint density at radius 2 is 1.34 bits per heavy atom. The molecule has 5 rings (SSSR count). The highest BCUT2D eigenvalue weighted by Gasteiger charge is 2.24. The fraction of sp³-hybridized carbons (Fsp3) is 0.381. The van der Waals surface area contributed by atoms with Crippen molar-refractivity contribution in [1.82, 2.24) is 25.1 Å². The quantitative estimate of drug-likeness (QED) is 0.678. The molecular weight excluding hydrogens is 366 g/mol. The first-order valence-electron chi connectivity index (χ1n) is 10.1. The molecule has 2 saturated heterocycles. The lowest BCUT2D eigenvalue weighted by molar-refractivity contribution is 0.0746. The summed E-state index contributed by atoms with van der Waals surface area (Å²) in [5, 5.41) is 8.83. The number of fused-ring (bicyclic) bond motifs is 1. The molecule has 4 heterocycles. The lowest BCUT2D eigenvalue weighted by Gasteiger charge is -2.35. The van der Waals surface area contributed by atoms with E-state index in [-0.39, 0.29) is 5.91 Å². The molecule has 0 unspecified atom stereocenters. The second-order valence-corrected chi connectivity index (χ2v) is 7.48. The molecule has 2 aromatic heterocycles. The van der Waals surface area contributed by atoms with Crippen molar-refractivity contribution >= 4 is 28.6 Å². The van der Waals surface area contributed by atoms with E-state index in [0.717, 1.165) is 48.8 Å². The summed E-state index contributed by atoms with van der Waals surface area (Å²) in [7, 11) is 0. The summed E-state index contributed by atoms with van der Waals surface area (Å²) in [4.78, 5) is 27.8. The molecule has 29 heavy (non-hydrogen) atoms. The van der Waals surface area contributed by atoms with Gasteiger partial charge in [-0.1, -0.05) is 0 Å². The average Bonchev–Trinajstić information content (AvgIpc) is 3.33. The molecule has 2 fully saturated rings. The van der Waals surface area contributed by atoms with Gasteiger partial charge in [0.25, 0.3) is 5.91 Å². The Labute approximate surface area is 169 Å². The molecule has 2 aliphatic rings. The lowest BCUT2D eigenvalue weighted by atomic mass is 10.1. The zero-order chi connectivity index (χ0) is 19.6. The van der Waals surface area contributed by atoms with E-state index >= 15 is 0 Å². The third kappa shape index (κ3) is 3.57. The smallest absolute Gasteiger partial charge is 0.254 e. The third-order valence-electron chi connectivity index (χ3n) is 5.67. The molecule has 0 spiro atoms. The van der Waals surface area contributed by atoms with E-state index in [1.54, 1.807) is 12.4 Å². The van der Waals surface area contributed by atoms with Gasteiger partial charge in [-0.15, -0.1) is 10.2 Å². The maximum Gasteiger partial charge on any atom is 0.254 e. The number of amides is 1. The number of carbonyl (C=O) groups is 1. The summed E-state index contributed by atoms with van der Waals surface area (Å²) >= 11 is 0. The predicted octanol–water partition coefficient (Wildman–Crippen LogP) is 1.98. The van der Waals surface area contributed by atoms with Crippen LogP contribution in [0.4, 0.5) is 11.6 Å². The van der Waals surface area contributed by atoms with Gasteiger partial charge in [-0.25, -0.2) is 0 Å². The highest BCUT2D eigenvalue weighted by molar-refractivity contribution is 5.97. The maximum atomic E-state index is 12.9. The molecule has 0 aliphatic carbocycles. The number of benzene rings is 1.